The molecule has 0 aliphatic rings. The average Bonchev–Trinajstić information content (AvgIpc) is 2.35. The van der Waals surface area contributed by atoms with Crippen LogP contribution in [-0.2, 0) is 11.2 Å². The lowest BCUT2D eigenvalue weighted by Crippen LogP contribution is -2.27. The smallest absolute Gasteiger partial charge is 0.221 e. The first-order valence-electron chi connectivity index (χ1n) is 6.02. The predicted molar refractivity (Wildman–Crippen MR) is 73.0 cm³/mol. The fourth-order valence-electron chi connectivity index (χ4n) is 1.49. The number of carbonyl (C=O) groups excluding carboxylic acids is 1. The molecule has 18 heavy (non-hydrogen) atoms. The summed E-state index contributed by atoms with van der Waals surface area (Å²) in [6.45, 7) is 2.66. The number of anilines is 1. The predicted octanol–water partition coefficient (Wildman–Crippen LogP) is 1.65. The number of nitrogens with zero attached hydrogens (tertiary/aromatic N) is 3. The average molecular weight is 271 g/mol. The van der Waals surface area contributed by atoms with Crippen LogP contribution in [0.2, 0.25) is 5.15 Å². The van der Waals surface area contributed by atoms with E-state index in [-0.39, 0.29) is 5.91 Å². The molecule has 0 saturated carbocycles. The van der Waals surface area contributed by atoms with Crippen molar-refractivity contribution in [3.8, 4) is 0 Å². The Balaban J connectivity index is 2.72. The lowest BCUT2D eigenvalue weighted by Gasteiger charge is -2.18. The summed E-state index contributed by atoms with van der Waals surface area (Å²) in [6.07, 6.45) is 2.20. The van der Waals surface area contributed by atoms with Crippen LogP contribution in [0.4, 0.5) is 5.82 Å². The number of aryl methyl sites for hydroxylation is 1. The maximum atomic E-state index is 11.2. The van der Waals surface area contributed by atoms with Gasteiger partial charge >= 0.3 is 0 Å². The number of hydrogen-bond donors (Lipinski definition) is 1. The highest BCUT2D eigenvalue weighted by molar-refractivity contribution is 6.29. The summed E-state index contributed by atoms with van der Waals surface area (Å²) in [5.74, 6) is 1.50. The third kappa shape index (κ3) is 4.49. The lowest BCUT2D eigenvalue weighted by molar-refractivity contribution is -0.120. The third-order valence-corrected chi connectivity index (χ3v) is 2.74. The Morgan fingerprint density at radius 1 is 1.50 bits per heavy atom. The van der Waals surface area contributed by atoms with Crippen molar-refractivity contribution >= 4 is 23.3 Å². The molecule has 0 bridgehead atoms. The van der Waals surface area contributed by atoms with E-state index in [1.54, 1.807) is 13.1 Å². The summed E-state index contributed by atoms with van der Waals surface area (Å²) in [7, 11) is 3.51. The molecule has 5 nitrogen and oxygen atoms in total. The van der Waals surface area contributed by atoms with Crippen LogP contribution in [0.25, 0.3) is 0 Å². The second-order valence-electron chi connectivity index (χ2n) is 4.06. The minimum atomic E-state index is 0.00999. The molecule has 1 amide bonds. The Kier molecular flexibility index (Phi) is 5.85. The number of rotatable bonds is 6. The van der Waals surface area contributed by atoms with Gasteiger partial charge in [0.2, 0.25) is 5.91 Å². The summed E-state index contributed by atoms with van der Waals surface area (Å²) in [5, 5.41) is 3.03. The lowest BCUT2D eigenvalue weighted by atomic mass is 10.3. The Morgan fingerprint density at radius 3 is 2.83 bits per heavy atom. The molecular formula is C12H19ClN4O. The molecule has 0 atom stereocenters. The Labute approximate surface area is 113 Å². The minimum absolute atomic E-state index is 0.00999. The van der Waals surface area contributed by atoms with Crippen molar-refractivity contribution in [3.05, 3.63) is 17.0 Å². The van der Waals surface area contributed by atoms with E-state index in [1.165, 1.54) is 0 Å². The molecule has 1 aromatic heterocycles. The van der Waals surface area contributed by atoms with Gasteiger partial charge in [-0.2, -0.15) is 0 Å². The topological polar surface area (TPSA) is 58.1 Å². The van der Waals surface area contributed by atoms with Crippen LogP contribution in [0.1, 0.15) is 25.6 Å². The van der Waals surface area contributed by atoms with Crippen molar-refractivity contribution in [2.45, 2.75) is 26.2 Å². The van der Waals surface area contributed by atoms with Crippen molar-refractivity contribution in [3.63, 3.8) is 0 Å². The zero-order valence-electron chi connectivity index (χ0n) is 11.0. The van der Waals surface area contributed by atoms with Crippen LogP contribution in [0.3, 0.4) is 0 Å². The first-order chi connectivity index (χ1) is 8.56. The minimum Gasteiger partial charge on any atom is -0.359 e. The molecule has 0 unspecified atom stereocenters. The molecule has 1 rings (SSSR count). The molecule has 0 spiro atoms. The molecule has 6 heteroatoms. The SMILES string of the molecule is CCCc1nc(Cl)cc(N(C)CCC(=O)NC)n1. The molecule has 0 saturated heterocycles. The van der Waals surface area contributed by atoms with Crippen LogP contribution >= 0.6 is 11.6 Å². The molecule has 0 aliphatic carbocycles. The largest absolute Gasteiger partial charge is 0.359 e. The third-order valence-electron chi connectivity index (χ3n) is 2.55. The number of aromatic nitrogens is 2. The maximum absolute atomic E-state index is 11.2. The Hall–Kier alpha value is -1.36. The van der Waals surface area contributed by atoms with E-state index >= 15 is 0 Å². The van der Waals surface area contributed by atoms with Crippen molar-refractivity contribution < 1.29 is 4.79 Å². The first-order valence-corrected chi connectivity index (χ1v) is 6.39. The van der Waals surface area contributed by atoms with Gasteiger partial charge in [-0.1, -0.05) is 18.5 Å². The van der Waals surface area contributed by atoms with E-state index < -0.39 is 0 Å². The van der Waals surface area contributed by atoms with Crippen molar-refractivity contribution in [1.29, 1.82) is 0 Å². The van der Waals surface area contributed by atoms with Crippen molar-refractivity contribution in [2.75, 3.05) is 25.5 Å². The van der Waals surface area contributed by atoms with Crippen LogP contribution < -0.4 is 10.2 Å². The maximum Gasteiger partial charge on any atom is 0.221 e. The Bertz CT molecular complexity index is 411. The number of hydrogen-bond acceptors (Lipinski definition) is 4. The normalized spacial score (nSPS) is 10.2. The van der Waals surface area contributed by atoms with Gasteiger partial charge in [-0.3, -0.25) is 4.79 Å². The molecule has 0 aromatic carbocycles. The zero-order chi connectivity index (χ0) is 13.5. The van der Waals surface area contributed by atoms with Gasteiger partial charge in [0.25, 0.3) is 0 Å². The van der Waals surface area contributed by atoms with Gasteiger partial charge in [-0.15, -0.1) is 0 Å². The first kappa shape index (κ1) is 14.7. The van der Waals surface area contributed by atoms with Gasteiger partial charge in [0.1, 0.15) is 16.8 Å². The number of halogens is 1. The van der Waals surface area contributed by atoms with E-state index in [0.29, 0.717) is 18.1 Å². The monoisotopic (exact) mass is 270 g/mol. The second kappa shape index (κ2) is 7.16. The number of amides is 1. The van der Waals surface area contributed by atoms with E-state index in [4.69, 9.17) is 11.6 Å². The fourth-order valence-corrected chi connectivity index (χ4v) is 1.69. The van der Waals surface area contributed by atoms with Gasteiger partial charge in [-0.05, 0) is 6.42 Å². The molecule has 1 N–H and O–H groups in total. The van der Waals surface area contributed by atoms with E-state index in [2.05, 4.69) is 22.2 Å². The van der Waals surface area contributed by atoms with Crippen LogP contribution in [0.15, 0.2) is 6.07 Å². The number of carbonyl (C=O) groups is 1. The summed E-state index contributed by atoms with van der Waals surface area (Å²) in [5.41, 5.74) is 0. The fraction of sp³-hybridized carbons (Fsp3) is 0.583. The highest BCUT2D eigenvalue weighted by Gasteiger charge is 2.08. The van der Waals surface area contributed by atoms with Crippen LogP contribution in [-0.4, -0.2) is 36.5 Å². The molecule has 0 radical (unpaired) electrons. The standard InChI is InChI=1S/C12H19ClN4O/c1-4-5-10-15-9(13)8-11(16-10)17(3)7-6-12(18)14-2/h8H,4-7H2,1-3H3,(H,14,18). The molecule has 0 aliphatic heterocycles. The highest BCUT2D eigenvalue weighted by atomic mass is 35.5. The zero-order valence-corrected chi connectivity index (χ0v) is 11.8. The van der Waals surface area contributed by atoms with E-state index in [1.807, 2.05) is 11.9 Å². The highest BCUT2D eigenvalue weighted by Crippen LogP contribution is 2.15. The van der Waals surface area contributed by atoms with E-state index in [9.17, 15) is 4.79 Å². The van der Waals surface area contributed by atoms with Crippen LogP contribution in [0, 0.1) is 0 Å². The van der Waals surface area contributed by atoms with Crippen molar-refractivity contribution in [1.82, 2.24) is 15.3 Å². The van der Waals surface area contributed by atoms with Crippen molar-refractivity contribution in [2.24, 2.45) is 0 Å². The van der Waals surface area contributed by atoms with Gasteiger partial charge in [-0.25, -0.2) is 9.97 Å². The quantitative estimate of drug-likeness (QED) is 0.799. The molecule has 100 valence electrons. The molecular weight excluding hydrogens is 252 g/mol. The van der Waals surface area contributed by atoms with Gasteiger partial charge in [0.15, 0.2) is 0 Å². The Morgan fingerprint density at radius 2 is 2.22 bits per heavy atom. The van der Waals surface area contributed by atoms with Gasteiger partial charge in [0.05, 0.1) is 0 Å². The summed E-state index contributed by atoms with van der Waals surface area (Å²) in [4.78, 5) is 21.7. The van der Waals surface area contributed by atoms with Gasteiger partial charge < -0.3 is 10.2 Å². The van der Waals surface area contributed by atoms with Gasteiger partial charge in [0, 0.05) is 39.5 Å². The van der Waals surface area contributed by atoms with E-state index in [0.717, 1.165) is 24.5 Å². The molecule has 1 aromatic rings. The number of nitrogens with one attached hydrogen (secondary N) is 1. The molecule has 1 heterocycles. The summed E-state index contributed by atoms with van der Waals surface area (Å²) in [6, 6.07) is 1.71. The summed E-state index contributed by atoms with van der Waals surface area (Å²) >= 11 is 5.96. The summed E-state index contributed by atoms with van der Waals surface area (Å²) < 4.78 is 0. The van der Waals surface area contributed by atoms with Crippen LogP contribution in [0.5, 0.6) is 0 Å². The molecule has 0 fully saturated rings. The second-order valence-corrected chi connectivity index (χ2v) is 4.45.